The number of carbonyl (C=O) groups is 1. The Morgan fingerprint density at radius 2 is 1.85 bits per heavy atom. The zero-order valence-electron chi connectivity index (χ0n) is 14.1. The fourth-order valence-corrected chi connectivity index (χ4v) is 2.03. The largest absolute Gasteiger partial charge is 0.444 e. The fourth-order valence-electron chi connectivity index (χ4n) is 1.90. The van der Waals surface area contributed by atoms with Crippen molar-refractivity contribution >= 4 is 34.9 Å². The van der Waals surface area contributed by atoms with Crippen LogP contribution in [0.15, 0.2) is 30.5 Å². The third-order valence-corrected chi connectivity index (χ3v) is 3.02. The molecule has 10 heteroatoms. The number of aromatic nitrogens is 2. The molecule has 0 aliphatic carbocycles. The van der Waals surface area contributed by atoms with Gasteiger partial charge in [-0.3, -0.25) is 5.32 Å². The number of hydrogen-bond donors (Lipinski definition) is 2. The van der Waals surface area contributed by atoms with E-state index in [-0.39, 0.29) is 11.0 Å². The maximum Gasteiger partial charge on any atom is 0.421 e. The highest BCUT2D eigenvalue weighted by Crippen LogP contribution is 2.35. The van der Waals surface area contributed by atoms with Crippen molar-refractivity contribution in [3.63, 3.8) is 0 Å². The smallest absolute Gasteiger partial charge is 0.421 e. The van der Waals surface area contributed by atoms with Crippen molar-refractivity contribution in [2.24, 2.45) is 0 Å². The summed E-state index contributed by atoms with van der Waals surface area (Å²) in [6.07, 6.45) is -4.74. The maximum atomic E-state index is 13.1. The highest BCUT2D eigenvalue weighted by Gasteiger charge is 2.35. The Kier molecular flexibility index (Phi) is 5.60. The topological polar surface area (TPSA) is 76.1 Å². The van der Waals surface area contributed by atoms with Crippen LogP contribution in [0.2, 0.25) is 5.28 Å². The van der Waals surface area contributed by atoms with Gasteiger partial charge in [-0.15, -0.1) is 0 Å². The van der Waals surface area contributed by atoms with Gasteiger partial charge in [0.05, 0.1) is 0 Å². The van der Waals surface area contributed by atoms with Crippen LogP contribution in [-0.4, -0.2) is 21.7 Å². The van der Waals surface area contributed by atoms with Gasteiger partial charge in [-0.25, -0.2) is 9.78 Å². The van der Waals surface area contributed by atoms with Gasteiger partial charge in [-0.2, -0.15) is 18.2 Å². The Labute approximate surface area is 152 Å². The first-order valence-electron chi connectivity index (χ1n) is 7.41. The SMILES string of the molecule is CC(C)(C)OC(=O)Nc1cccc(Nc2nc(Cl)ncc2C(F)(F)F)c1. The molecular formula is C16H16ClF3N4O2. The van der Waals surface area contributed by atoms with Crippen molar-refractivity contribution in [2.75, 3.05) is 10.6 Å². The molecule has 0 radical (unpaired) electrons. The number of alkyl halides is 3. The summed E-state index contributed by atoms with van der Waals surface area (Å²) in [5, 5.41) is 4.70. The first-order valence-corrected chi connectivity index (χ1v) is 7.79. The molecular weight excluding hydrogens is 373 g/mol. The lowest BCUT2D eigenvalue weighted by molar-refractivity contribution is -0.137. The zero-order chi connectivity index (χ0) is 19.5. The molecule has 1 amide bonds. The van der Waals surface area contributed by atoms with Gasteiger partial charge in [0.2, 0.25) is 5.28 Å². The van der Waals surface area contributed by atoms with Crippen LogP contribution < -0.4 is 10.6 Å². The minimum Gasteiger partial charge on any atom is -0.444 e. The Balaban J connectivity index is 2.22. The van der Waals surface area contributed by atoms with E-state index in [1.165, 1.54) is 12.1 Å². The van der Waals surface area contributed by atoms with Gasteiger partial charge < -0.3 is 10.1 Å². The molecule has 2 rings (SSSR count). The van der Waals surface area contributed by atoms with Gasteiger partial charge in [0, 0.05) is 17.6 Å². The molecule has 1 aromatic carbocycles. The number of carbonyl (C=O) groups excluding carboxylic acids is 1. The summed E-state index contributed by atoms with van der Waals surface area (Å²) in [5.41, 5.74) is -1.15. The fraction of sp³-hybridized carbons (Fsp3) is 0.312. The molecule has 26 heavy (non-hydrogen) atoms. The molecule has 0 fully saturated rings. The van der Waals surface area contributed by atoms with Gasteiger partial charge in [0.1, 0.15) is 17.0 Å². The first-order chi connectivity index (χ1) is 11.9. The van der Waals surface area contributed by atoms with E-state index < -0.39 is 29.3 Å². The number of anilines is 3. The third kappa shape index (κ3) is 5.76. The van der Waals surface area contributed by atoms with E-state index in [2.05, 4.69) is 20.6 Å². The molecule has 2 aromatic rings. The number of nitrogens with zero attached hydrogens (tertiary/aromatic N) is 2. The van der Waals surface area contributed by atoms with Gasteiger partial charge in [0.15, 0.2) is 0 Å². The van der Waals surface area contributed by atoms with Crippen LogP contribution in [0.1, 0.15) is 26.3 Å². The minimum atomic E-state index is -4.65. The van der Waals surface area contributed by atoms with Crippen LogP contribution in [0.5, 0.6) is 0 Å². The van der Waals surface area contributed by atoms with Gasteiger partial charge in [-0.05, 0) is 50.6 Å². The van der Waals surface area contributed by atoms with Crippen LogP contribution in [0.25, 0.3) is 0 Å². The van der Waals surface area contributed by atoms with E-state index in [0.29, 0.717) is 11.9 Å². The van der Waals surface area contributed by atoms with Crippen LogP contribution >= 0.6 is 11.6 Å². The highest BCUT2D eigenvalue weighted by molar-refractivity contribution is 6.28. The summed E-state index contributed by atoms with van der Waals surface area (Å²) in [5.74, 6) is -0.494. The quantitative estimate of drug-likeness (QED) is 0.703. The van der Waals surface area contributed by atoms with Crippen LogP contribution in [-0.2, 0) is 10.9 Å². The number of rotatable bonds is 3. The highest BCUT2D eigenvalue weighted by atomic mass is 35.5. The second-order valence-electron chi connectivity index (χ2n) is 6.23. The van der Waals surface area contributed by atoms with Crippen LogP contribution in [0, 0.1) is 0 Å². The minimum absolute atomic E-state index is 0.263. The molecule has 1 aromatic heterocycles. The average molecular weight is 389 g/mol. The molecule has 0 unspecified atom stereocenters. The summed E-state index contributed by atoms with van der Waals surface area (Å²) in [6, 6.07) is 6.05. The maximum absolute atomic E-state index is 13.1. The number of ether oxygens (including phenoxy) is 1. The zero-order valence-corrected chi connectivity index (χ0v) is 14.9. The van der Waals surface area contributed by atoms with E-state index in [1.54, 1.807) is 32.9 Å². The van der Waals surface area contributed by atoms with Crippen LogP contribution in [0.3, 0.4) is 0 Å². The molecule has 0 saturated carbocycles. The van der Waals surface area contributed by atoms with E-state index in [4.69, 9.17) is 16.3 Å². The molecule has 0 atom stereocenters. The summed E-state index contributed by atoms with van der Waals surface area (Å²) < 4.78 is 44.3. The lowest BCUT2D eigenvalue weighted by atomic mass is 10.2. The lowest BCUT2D eigenvalue weighted by Gasteiger charge is -2.20. The number of hydrogen-bond acceptors (Lipinski definition) is 5. The Hall–Kier alpha value is -2.55. The van der Waals surface area contributed by atoms with Crippen molar-refractivity contribution in [1.29, 1.82) is 0 Å². The Morgan fingerprint density at radius 1 is 1.19 bits per heavy atom. The average Bonchev–Trinajstić information content (AvgIpc) is 2.44. The molecule has 1 heterocycles. The molecule has 2 N–H and O–H groups in total. The lowest BCUT2D eigenvalue weighted by Crippen LogP contribution is -2.27. The van der Waals surface area contributed by atoms with Crippen molar-refractivity contribution in [2.45, 2.75) is 32.5 Å². The van der Waals surface area contributed by atoms with Crippen molar-refractivity contribution in [1.82, 2.24) is 9.97 Å². The van der Waals surface area contributed by atoms with Crippen molar-refractivity contribution in [3.8, 4) is 0 Å². The monoisotopic (exact) mass is 388 g/mol. The van der Waals surface area contributed by atoms with Crippen molar-refractivity contribution < 1.29 is 22.7 Å². The number of nitrogens with one attached hydrogen (secondary N) is 2. The number of halogens is 4. The summed E-state index contributed by atoms with van der Waals surface area (Å²) in [4.78, 5) is 18.7. The molecule has 0 saturated heterocycles. The van der Waals surface area contributed by atoms with Gasteiger partial charge >= 0.3 is 12.3 Å². The number of benzene rings is 1. The van der Waals surface area contributed by atoms with Gasteiger partial charge in [-0.1, -0.05) is 6.07 Å². The molecule has 0 aliphatic heterocycles. The predicted octanol–water partition coefficient (Wildman–Crippen LogP) is 5.24. The van der Waals surface area contributed by atoms with E-state index in [1.807, 2.05) is 0 Å². The molecule has 6 nitrogen and oxygen atoms in total. The van der Waals surface area contributed by atoms with E-state index in [9.17, 15) is 18.0 Å². The molecule has 140 valence electrons. The van der Waals surface area contributed by atoms with E-state index >= 15 is 0 Å². The summed E-state index contributed by atoms with van der Waals surface area (Å²) in [7, 11) is 0. The number of amides is 1. The van der Waals surface area contributed by atoms with Gasteiger partial charge in [0.25, 0.3) is 0 Å². The summed E-state index contributed by atoms with van der Waals surface area (Å²) >= 11 is 5.59. The second-order valence-corrected chi connectivity index (χ2v) is 6.57. The normalized spacial score (nSPS) is 11.8. The second kappa shape index (κ2) is 7.36. The van der Waals surface area contributed by atoms with E-state index in [0.717, 1.165) is 0 Å². The summed E-state index contributed by atoms with van der Waals surface area (Å²) in [6.45, 7) is 5.13. The first kappa shape index (κ1) is 19.8. The predicted molar refractivity (Wildman–Crippen MR) is 91.6 cm³/mol. The van der Waals surface area contributed by atoms with Crippen molar-refractivity contribution in [3.05, 3.63) is 41.3 Å². The van der Waals surface area contributed by atoms with Crippen LogP contribution in [0.4, 0.5) is 35.2 Å². The Morgan fingerprint density at radius 3 is 2.46 bits per heavy atom. The third-order valence-electron chi connectivity index (χ3n) is 2.84. The molecule has 0 spiro atoms. The standard InChI is InChI=1S/C16H16ClF3N4O2/c1-15(2,3)26-14(25)23-10-6-4-5-9(7-10)22-12-11(16(18,19)20)8-21-13(17)24-12/h4-8H,1-3H3,(H,23,25)(H,21,22,24). The molecule has 0 bridgehead atoms. The molecule has 0 aliphatic rings. The Bertz CT molecular complexity index is 807.